The lowest BCUT2D eigenvalue weighted by Gasteiger charge is -2.14. The summed E-state index contributed by atoms with van der Waals surface area (Å²) >= 11 is 1.29. The molecule has 7 aromatic rings. The van der Waals surface area contributed by atoms with E-state index in [0.29, 0.717) is 0 Å². The average Bonchev–Trinajstić information content (AvgIpc) is 3.35. The van der Waals surface area contributed by atoms with Gasteiger partial charge in [0.2, 0.25) is 0 Å². The largest absolute Gasteiger partial charge is 0.172 e. The van der Waals surface area contributed by atoms with E-state index in [9.17, 15) is 0 Å². The fourth-order valence-corrected chi connectivity index (χ4v) is 5.52. The van der Waals surface area contributed by atoms with Crippen LogP contribution >= 0.6 is 11.7 Å². The second kappa shape index (κ2) is 7.22. The molecule has 33 heavy (non-hydrogen) atoms. The van der Waals surface area contributed by atoms with E-state index >= 15 is 0 Å². The highest BCUT2D eigenvalue weighted by molar-refractivity contribution is 7.00. The number of hydrogen-bond acceptors (Lipinski definition) is 3. The predicted molar refractivity (Wildman–Crippen MR) is 141 cm³/mol. The standard InChI is InChI=1S/C30H18N2S/c1-3-9-21-17-23(15-13-19(21)7-1)27-25-11-5-6-12-26(25)28(30-29(27)31-33-32-30)24-16-14-20-8-2-4-10-22(20)18-24/h1-18H. The van der Waals surface area contributed by atoms with Crippen molar-refractivity contribution in [2.24, 2.45) is 0 Å². The molecule has 0 aliphatic rings. The van der Waals surface area contributed by atoms with Gasteiger partial charge in [-0.15, -0.1) is 0 Å². The maximum atomic E-state index is 4.80. The average molecular weight is 439 g/mol. The SMILES string of the molecule is c1ccc2cc(-c3c4ccccc4c(-c4ccc5ccccc5c4)c4nsnc34)ccc2c1. The first kappa shape index (κ1) is 18.5. The van der Waals surface area contributed by atoms with Gasteiger partial charge in [0.15, 0.2) is 0 Å². The summed E-state index contributed by atoms with van der Waals surface area (Å²) in [4.78, 5) is 0. The Kier molecular flexibility index (Phi) is 4.05. The molecule has 1 heterocycles. The van der Waals surface area contributed by atoms with Crippen LogP contribution in [0.5, 0.6) is 0 Å². The number of benzene rings is 6. The van der Waals surface area contributed by atoms with Gasteiger partial charge in [0.05, 0.1) is 11.7 Å². The van der Waals surface area contributed by atoms with Crippen LogP contribution in [0.25, 0.3) is 65.6 Å². The van der Waals surface area contributed by atoms with E-state index in [0.717, 1.165) is 22.2 Å². The first-order valence-corrected chi connectivity index (χ1v) is 11.8. The van der Waals surface area contributed by atoms with Crippen LogP contribution in [-0.2, 0) is 0 Å². The summed E-state index contributed by atoms with van der Waals surface area (Å²) in [5.74, 6) is 0. The van der Waals surface area contributed by atoms with E-state index < -0.39 is 0 Å². The van der Waals surface area contributed by atoms with Crippen molar-refractivity contribution >= 4 is 55.1 Å². The van der Waals surface area contributed by atoms with Crippen LogP contribution in [0, 0.1) is 0 Å². The molecule has 0 bridgehead atoms. The Morgan fingerprint density at radius 2 is 0.848 bits per heavy atom. The monoisotopic (exact) mass is 438 g/mol. The number of rotatable bonds is 2. The molecule has 0 spiro atoms. The molecule has 0 unspecified atom stereocenters. The maximum Gasteiger partial charge on any atom is 0.113 e. The van der Waals surface area contributed by atoms with Crippen LogP contribution in [0.2, 0.25) is 0 Å². The van der Waals surface area contributed by atoms with E-state index in [4.69, 9.17) is 8.75 Å². The quantitative estimate of drug-likeness (QED) is 0.270. The number of fused-ring (bicyclic) bond motifs is 4. The summed E-state index contributed by atoms with van der Waals surface area (Å²) < 4.78 is 9.61. The van der Waals surface area contributed by atoms with Crippen molar-refractivity contribution in [1.82, 2.24) is 8.75 Å². The van der Waals surface area contributed by atoms with Gasteiger partial charge in [-0.1, -0.05) is 97.1 Å². The second-order valence-corrected chi connectivity index (χ2v) is 8.91. The van der Waals surface area contributed by atoms with E-state index in [1.54, 1.807) is 0 Å². The van der Waals surface area contributed by atoms with Crippen LogP contribution in [0.1, 0.15) is 0 Å². The van der Waals surface area contributed by atoms with Crippen LogP contribution in [0.3, 0.4) is 0 Å². The van der Waals surface area contributed by atoms with Crippen molar-refractivity contribution in [2.75, 3.05) is 0 Å². The normalized spacial score (nSPS) is 11.6. The summed E-state index contributed by atoms with van der Waals surface area (Å²) in [5.41, 5.74) is 6.60. The molecule has 0 aliphatic heterocycles. The topological polar surface area (TPSA) is 25.8 Å². The molecular formula is C30H18N2S. The smallest absolute Gasteiger partial charge is 0.113 e. The van der Waals surface area contributed by atoms with E-state index in [1.165, 1.54) is 55.2 Å². The van der Waals surface area contributed by atoms with E-state index in [2.05, 4.69) is 109 Å². The molecule has 0 saturated carbocycles. The maximum absolute atomic E-state index is 4.80. The Morgan fingerprint density at radius 3 is 1.33 bits per heavy atom. The van der Waals surface area contributed by atoms with Gasteiger partial charge in [0.1, 0.15) is 11.0 Å². The van der Waals surface area contributed by atoms with Gasteiger partial charge in [-0.3, -0.25) is 0 Å². The fourth-order valence-electron chi connectivity index (χ4n) is 4.96. The molecule has 0 saturated heterocycles. The van der Waals surface area contributed by atoms with Crippen molar-refractivity contribution in [3.05, 3.63) is 109 Å². The Balaban J connectivity index is 1.59. The highest BCUT2D eigenvalue weighted by Crippen LogP contribution is 2.43. The molecule has 7 rings (SSSR count). The zero-order valence-electron chi connectivity index (χ0n) is 17.7. The third kappa shape index (κ3) is 2.86. The second-order valence-electron chi connectivity index (χ2n) is 8.38. The minimum Gasteiger partial charge on any atom is -0.172 e. The highest BCUT2D eigenvalue weighted by atomic mass is 32.1. The lowest BCUT2D eigenvalue weighted by atomic mass is 9.89. The molecule has 3 heteroatoms. The van der Waals surface area contributed by atoms with Crippen molar-refractivity contribution in [3.8, 4) is 22.3 Å². The minimum absolute atomic E-state index is 0.970. The first-order chi connectivity index (χ1) is 16.4. The van der Waals surface area contributed by atoms with Crippen LogP contribution in [0.4, 0.5) is 0 Å². The first-order valence-electron chi connectivity index (χ1n) is 11.0. The van der Waals surface area contributed by atoms with E-state index in [-0.39, 0.29) is 0 Å². The molecular weight excluding hydrogens is 420 g/mol. The molecule has 1 aromatic heterocycles. The van der Waals surface area contributed by atoms with Crippen molar-refractivity contribution in [1.29, 1.82) is 0 Å². The molecule has 0 fully saturated rings. The third-order valence-corrected chi connectivity index (χ3v) is 7.03. The summed E-state index contributed by atoms with van der Waals surface area (Å²) in [6.07, 6.45) is 0. The van der Waals surface area contributed by atoms with Gasteiger partial charge in [-0.2, -0.15) is 8.75 Å². The Hall–Kier alpha value is -4.08. The van der Waals surface area contributed by atoms with Gasteiger partial charge in [0.25, 0.3) is 0 Å². The lowest BCUT2D eigenvalue weighted by Crippen LogP contribution is -1.90. The minimum atomic E-state index is 0.970. The highest BCUT2D eigenvalue weighted by Gasteiger charge is 2.19. The summed E-state index contributed by atoms with van der Waals surface area (Å²) in [6, 6.07) is 39.0. The van der Waals surface area contributed by atoms with Gasteiger partial charge in [-0.05, 0) is 55.6 Å². The number of aromatic nitrogens is 2. The summed E-state index contributed by atoms with van der Waals surface area (Å²) in [7, 11) is 0. The fraction of sp³-hybridized carbons (Fsp3) is 0. The number of hydrogen-bond donors (Lipinski definition) is 0. The lowest BCUT2D eigenvalue weighted by molar-refractivity contribution is 1.62. The Labute approximate surface area is 195 Å². The molecule has 0 aliphatic carbocycles. The van der Waals surface area contributed by atoms with E-state index in [1.807, 2.05) is 0 Å². The zero-order chi connectivity index (χ0) is 21.8. The molecule has 6 aromatic carbocycles. The van der Waals surface area contributed by atoms with Crippen LogP contribution < -0.4 is 0 Å². The molecule has 0 N–H and O–H groups in total. The van der Waals surface area contributed by atoms with Crippen molar-refractivity contribution < 1.29 is 0 Å². The molecule has 154 valence electrons. The molecule has 0 amide bonds. The molecule has 0 radical (unpaired) electrons. The van der Waals surface area contributed by atoms with Gasteiger partial charge < -0.3 is 0 Å². The van der Waals surface area contributed by atoms with Gasteiger partial charge in [0, 0.05) is 11.1 Å². The Bertz CT molecular complexity index is 1700. The van der Waals surface area contributed by atoms with Crippen LogP contribution in [0.15, 0.2) is 109 Å². The van der Waals surface area contributed by atoms with Gasteiger partial charge >= 0.3 is 0 Å². The third-order valence-electron chi connectivity index (χ3n) is 6.50. The zero-order valence-corrected chi connectivity index (χ0v) is 18.5. The van der Waals surface area contributed by atoms with Crippen molar-refractivity contribution in [3.63, 3.8) is 0 Å². The Morgan fingerprint density at radius 1 is 0.424 bits per heavy atom. The predicted octanol–water partition coefficient (Wildman–Crippen LogP) is 8.48. The number of nitrogens with zero attached hydrogens (tertiary/aromatic N) is 2. The summed E-state index contributed by atoms with van der Waals surface area (Å²) in [5, 5.41) is 7.35. The van der Waals surface area contributed by atoms with Gasteiger partial charge in [-0.25, -0.2) is 0 Å². The summed E-state index contributed by atoms with van der Waals surface area (Å²) in [6.45, 7) is 0. The van der Waals surface area contributed by atoms with Crippen LogP contribution in [-0.4, -0.2) is 8.75 Å². The molecule has 0 atom stereocenters. The molecule has 2 nitrogen and oxygen atoms in total. The van der Waals surface area contributed by atoms with Crippen molar-refractivity contribution in [2.45, 2.75) is 0 Å².